The molecule has 0 unspecified atom stereocenters. The Morgan fingerprint density at radius 1 is 1.02 bits per heavy atom. The minimum atomic E-state index is -4.16. The summed E-state index contributed by atoms with van der Waals surface area (Å²) >= 11 is 9.77. The Morgan fingerprint density at radius 2 is 1.71 bits per heavy atom. The third kappa shape index (κ3) is 7.70. The Morgan fingerprint density at radius 3 is 2.37 bits per heavy atom. The van der Waals surface area contributed by atoms with Crippen LogP contribution in [0.1, 0.15) is 49.3 Å². The molecule has 2 amide bonds. The molecule has 1 fully saturated rings. The topological polar surface area (TPSA) is 86.8 Å². The number of nitrogens with zero attached hydrogens (tertiary/aromatic N) is 2. The predicted octanol–water partition coefficient (Wildman–Crippen LogP) is 6.39. The quantitative estimate of drug-likeness (QED) is 0.273. The van der Waals surface area contributed by atoms with Crippen LogP contribution >= 0.6 is 27.5 Å². The minimum absolute atomic E-state index is 0.0563. The summed E-state index contributed by atoms with van der Waals surface area (Å²) in [5.41, 5.74) is 2.66. The zero-order valence-electron chi connectivity index (χ0n) is 23.4. The number of anilines is 1. The van der Waals surface area contributed by atoms with Crippen LogP contribution in [0.15, 0.2) is 76.1 Å². The van der Waals surface area contributed by atoms with Crippen LogP contribution in [0, 0.1) is 13.8 Å². The summed E-state index contributed by atoms with van der Waals surface area (Å²) in [7, 11) is -4.16. The number of rotatable bonds is 10. The van der Waals surface area contributed by atoms with E-state index in [1.165, 1.54) is 17.0 Å². The molecule has 4 rings (SSSR count). The molecule has 3 aromatic carbocycles. The van der Waals surface area contributed by atoms with E-state index in [9.17, 15) is 18.0 Å². The van der Waals surface area contributed by atoms with E-state index in [0.29, 0.717) is 16.3 Å². The first-order valence-electron chi connectivity index (χ1n) is 13.7. The second-order valence-corrected chi connectivity index (χ2v) is 13.8. The lowest BCUT2D eigenvalue weighted by Gasteiger charge is -2.33. The van der Waals surface area contributed by atoms with Crippen molar-refractivity contribution < 1.29 is 18.0 Å². The van der Waals surface area contributed by atoms with E-state index in [4.69, 9.17) is 11.6 Å². The first-order valence-corrected chi connectivity index (χ1v) is 16.3. The number of hydrogen-bond donors (Lipinski definition) is 1. The molecule has 10 heteroatoms. The molecule has 1 N–H and O–H groups in total. The first-order chi connectivity index (χ1) is 19.5. The van der Waals surface area contributed by atoms with Crippen molar-refractivity contribution in [2.75, 3.05) is 10.8 Å². The molecular formula is C31H35BrClN3O4S. The molecule has 1 saturated carbocycles. The third-order valence-electron chi connectivity index (χ3n) is 7.44. The molecule has 3 aromatic rings. The zero-order valence-corrected chi connectivity index (χ0v) is 26.6. The predicted molar refractivity (Wildman–Crippen MR) is 166 cm³/mol. The molecule has 0 radical (unpaired) electrons. The van der Waals surface area contributed by atoms with Gasteiger partial charge in [-0.3, -0.25) is 13.9 Å². The lowest BCUT2D eigenvalue weighted by molar-refractivity contribution is -0.139. The summed E-state index contributed by atoms with van der Waals surface area (Å²) < 4.78 is 30.0. The maximum atomic E-state index is 14.1. The van der Waals surface area contributed by atoms with Gasteiger partial charge in [0.05, 0.1) is 10.6 Å². The van der Waals surface area contributed by atoms with E-state index in [1.807, 2.05) is 31.2 Å². The largest absolute Gasteiger partial charge is 0.352 e. The van der Waals surface area contributed by atoms with E-state index in [2.05, 4.69) is 21.2 Å². The number of sulfonamides is 1. The monoisotopic (exact) mass is 659 g/mol. The molecule has 0 heterocycles. The van der Waals surface area contributed by atoms with Crippen LogP contribution in [0.4, 0.5) is 5.69 Å². The van der Waals surface area contributed by atoms with Gasteiger partial charge in [0.25, 0.3) is 10.0 Å². The number of nitrogens with one attached hydrogen (secondary N) is 1. The molecule has 1 atom stereocenters. The highest BCUT2D eigenvalue weighted by atomic mass is 79.9. The van der Waals surface area contributed by atoms with E-state index in [1.54, 1.807) is 44.2 Å². The second kappa shape index (κ2) is 13.4. The summed E-state index contributed by atoms with van der Waals surface area (Å²) in [6.45, 7) is 4.95. The molecular weight excluding hydrogens is 626 g/mol. The molecule has 7 nitrogen and oxygen atoms in total. The number of hydrogen-bond acceptors (Lipinski definition) is 4. The van der Waals surface area contributed by atoms with Gasteiger partial charge in [0.15, 0.2) is 0 Å². The summed E-state index contributed by atoms with van der Waals surface area (Å²) in [6.07, 6.45) is 3.94. The van der Waals surface area contributed by atoms with Gasteiger partial charge in [0.1, 0.15) is 12.6 Å². The molecule has 0 bridgehead atoms. The van der Waals surface area contributed by atoms with Gasteiger partial charge in [-0.05, 0) is 81.1 Å². The SMILES string of the molecule is Cc1ccc(S(=O)(=O)N(CC(=O)N(Cc2cccc(Br)c2)[C@@H](C)C(=O)NC2CCCC2)c2cc(Cl)ccc2C)cc1. The fourth-order valence-electron chi connectivity index (χ4n) is 5.01. The van der Waals surface area contributed by atoms with Gasteiger partial charge < -0.3 is 10.2 Å². The van der Waals surface area contributed by atoms with Crippen molar-refractivity contribution in [1.82, 2.24) is 10.2 Å². The van der Waals surface area contributed by atoms with Crippen molar-refractivity contribution in [2.45, 2.75) is 70.0 Å². The summed E-state index contributed by atoms with van der Waals surface area (Å²) in [5, 5.41) is 3.43. The highest BCUT2D eigenvalue weighted by molar-refractivity contribution is 9.10. The lowest BCUT2D eigenvalue weighted by atomic mass is 10.1. The number of halogens is 2. The van der Waals surface area contributed by atoms with Gasteiger partial charge in [-0.25, -0.2) is 8.42 Å². The highest BCUT2D eigenvalue weighted by Crippen LogP contribution is 2.30. The number of benzene rings is 3. The van der Waals surface area contributed by atoms with Crippen LogP contribution in [0.3, 0.4) is 0 Å². The van der Waals surface area contributed by atoms with Crippen molar-refractivity contribution >= 4 is 55.1 Å². The lowest BCUT2D eigenvalue weighted by Crippen LogP contribution is -2.52. The van der Waals surface area contributed by atoms with Crippen molar-refractivity contribution in [2.24, 2.45) is 0 Å². The number of aryl methyl sites for hydroxylation is 2. The number of carbonyl (C=O) groups is 2. The van der Waals surface area contributed by atoms with Gasteiger partial charge in [-0.2, -0.15) is 0 Å². The Hall–Kier alpha value is -2.88. The molecule has 218 valence electrons. The van der Waals surface area contributed by atoms with Gasteiger partial charge in [-0.1, -0.05) is 76.3 Å². The van der Waals surface area contributed by atoms with E-state index in [0.717, 1.165) is 45.6 Å². The van der Waals surface area contributed by atoms with E-state index in [-0.39, 0.29) is 23.4 Å². The van der Waals surface area contributed by atoms with Crippen LogP contribution in [0.5, 0.6) is 0 Å². The molecule has 41 heavy (non-hydrogen) atoms. The molecule has 0 aromatic heterocycles. The van der Waals surface area contributed by atoms with Crippen LogP contribution < -0.4 is 9.62 Å². The van der Waals surface area contributed by atoms with Crippen molar-refractivity contribution in [1.29, 1.82) is 0 Å². The van der Waals surface area contributed by atoms with Crippen molar-refractivity contribution in [3.8, 4) is 0 Å². The summed E-state index contributed by atoms with van der Waals surface area (Å²) in [6, 6.07) is 18.2. The Labute approximate surface area is 256 Å². The van der Waals surface area contributed by atoms with Crippen LogP contribution in [0.2, 0.25) is 5.02 Å². The second-order valence-electron chi connectivity index (χ2n) is 10.6. The van der Waals surface area contributed by atoms with Gasteiger partial charge in [0, 0.05) is 22.1 Å². The molecule has 1 aliphatic rings. The standard InChI is InChI=1S/C31H35BrClN3O4S/c1-21-11-15-28(16-12-21)41(39,40)36(29-18-26(33)14-13-22(29)2)20-30(37)35(19-24-7-6-8-25(32)17-24)23(3)31(38)34-27-9-4-5-10-27/h6-8,11-18,23,27H,4-5,9-10,19-20H2,1-3H3,(H,34,38)/t23-/m0/s1. The Balaban J connectivity index is 1.72. The third-order valence-corrected chi connectivity index (χ3v) is 9.94. The normalized spacial score (nSPS) is 14.5. The Kier molecular flexibility index (Phi) is 10.2. The fourth-order valence-corrected chi connectivity index (χ4v) is 7.09. The highest BCUT2D eigenvalue weighted by Gasteiger charge is 2.34. The fraction of sp³-hybridized carbons (Fsp3) is 0.355. The van der Waals surface area contributed by atoms with E-state index >= 15 is 0 Å². The zero-order chi connectivity index (χ0) is 29.7. The smallest absolute Gasteiger partial charge is 0.264 e. The maximum absolute atomic E-state index is 14.1. The molecule has 0 aliphatic heterocycles. The van der Waals surface area contributed by atoms with Gasteiger partial charge >= 0.3 is 0 Å². The number of amides is 2. The van der Waals surface area contributed by atoms with Crippen LogP contribution in [-0.4, -0.2) is 43.8 Å². The van der Waals surface area contributed by atoms with Gasteiger partial charge in [-0.15, -0.1) is 0 Å². The van der Waals surface area contributed by atoms with Gasteiger partial charge in [0.2, 0.25) is 11.8 Å². The Bertz CT molecular complexity index is 1510. The molecule has 0 saturated heterocycles. The molecule has 0 spiro atoms. The summed E-state index contributed by atoms with van der Waals surface area (Å²) in [5.74, 6) is -0.763. The molecule has 1 aliphatic carbocycles. The average molecular weight is 661 g/mol. The minimum Gasteiger partial charge on any atom is -0.352 e. The van der Waals surface area contributed by atoms with Crippen LogP contribution in [-0.2, 0) is 26.2 Å². The van der Waals surface area contributed by atoms with Crippen LogP contribution in [0.25, 0.3) is 0 Å². The maximum Gasteiger partial charge on any atom is 0.264 e. The van der Waals surface area contributed by atoms with E-state index < -0.39 is 28.5 Å². The first kappa shape index (κ1) is 31.1. The average Bonchev–Trinajstić information content (AvgIpc) is 3.44. The van der Waals surface area contributed by atoms with Crippen molar-refractivity contribution in [3.63, 3.8) is 0 Å². The number of carbonyl (C=O) groups excluding carboxylic acids is 2. The summed E-state index contributed by atoms with van der Waals surface area (Å²) in [4.78, 5) is 29.0. The van der Waals surface area contributed by atoms with Crippen molar-refractivity contribution in [3.05, 3.63) is 92.9 Å².